The second kappa shape index (κ2) is 8.70. The quantitative estimate of drug-likeness (QED) is 0.164. The molecule has 1 heteroatoms. The van der Waals surface area contributed by atoms with Crippen LogP contribution in [0.25, 0.3) is 66.4 Å². The molecule has 0 saturated heterocycles. The van der Waals surface area contributed by atoms with Crippen LogP contribution in [0.5, 0.6) is 0 Å². The van der Waals surface area contributed by atoms with E-state index >= 15 is 0 Å². The van der Waals surface area contributed by atoms with Gasteiger partial charge in [-0.25, -0.2) is 0 Å². The van der Waals surface area contributed by atoms with Crippen LogP contribution in [0.1, 0.15) is 22.3 Å². The van der Waals surface area contributed by atoms with E-state index in [1.165, 1.54) is 105 Å². The van der Waals surface area contributed by atoms with Crippen molar-refractivity contribution in [2.75, 3.05) is 0 Å². The van der Waals surface area contributed by atoms with Crippen molar-refractivity contribution in [1.82, 2.24) is 0 Å². The van der Waals surface area contributed by atoms with E-state index in [1.54, 1.807) is 0 Å². The second-order valence-corrected chi connectivity index (χ2v) is 13.9. The van der Waals surface area contributed by atoms with E-state index in [2.05, 4.69) is 164 Å². The van der Waals surface area contributed by atoms with Gasteiger partial charge in [-0.05, 0) is 101 Å². The lowest BCUT2D eigenvalue weighted by Gasteiger charge is -2.42. The number of hydrogen-bond donors (Lipinski definition) is 0. The van der Waals surface area contributed by atoms with Gasteiger partial charge in [0, 0.05) is 0 Å². The molecule has 0 nitrogen and oxygen atoms in total. The summed E-state index contributed by atoms with van der Waals surface area (Å²) < 4.78 is 0. The van der Waals surface area contributed by atoms with Gasteiger partial charge in [0.05, 0.1) is 5.41 Å². The Morgan fingerprint density at radius 2 is 0.917 bits per heavy atom. The summed E-state index contributed by atoms with van der Waals surface area (Å²) in [4.78, 5) is 0. The molecule has 4 aliphatic rings. The van der Waals surface area contributed by atoms with Crippen LogP contribution in [0, 0.1) is 0 Å². The van der Waals surface area contributed by atoms with E-state index in [9.17, 15) is 0 Å². The van der Waals surface area contributed by atoms with Crippen molar-refractivity contribution in [2.45, 2.75) is 5.41 Å². The highest BCUT2D eigenvalue weighted by atomic mass is 14.5. The van der Waals surface area contributed by atoms with Crippen molar-refractivity contribution in [3.05, 3.63) is 186 Å². The zero-order chi connectivity index (χ0) is 31.1. The summed E-state index contributed by atoms with van der Waals surface area (Å²) in [7, 11) is 0. The highest BCUT2D eigenvalue weighted by Gasteiger charge is 2.54. The topological polar surface area (TPSA) is 0 Å². The number of hydrogen-bond acceptors (Lipinski definition) is 0. The monoisotopic (exact) mass is 602 g/mol. The Morgan fingerprint density at radius 3 is 1.77 bits per heavy atom. The Kier molecular flexibility index (Phi) is 4.57. The first-order valence-electron chi connectivity index (χ1n) is 17.1. The molecule has 1 unspecified atom stereocenters. The molecule has 218 valence electrons. The molecule has 1 atom stereocenters. The van der Waals surface area contributed by atoms with Gasteiger partial charge in [-0.2, -0.15) is 0 Å². The summed E-state index contributed by atoms with van der Waals surface area (Å²) in [6.07, 6.45) is 0. The largest absolute Gasteiger partial charge is 0.243 e. The Hall–Kier alpha value is -5.92. The summed E-state index contributed by atoms with van der Waals surface area (Å²) in [5.74, 6) is 0. The first-order valence-corrected chi connectivity index (χ1v) is 17.1. The van der Waals surface area contributed by atoms with Crippen LogP contribution in [0.2, 0.25) is 0 Å². The number of fused-ring (bicyclic) bond motifs is 15. The summed E-state index contributed by atoms with van der Waals surface area (Å²) in [6.45, 7) is 0.245. The molecule has 0 N–H and O–H groups in total. The molecule has 0 bridgehead atoms. The minimum atomic E-state index is -0.402. The van der Waals surface area contributed by atoms with E-state index in [4.69, 9.17) is 0 Å². The van der Waals surface area contributed by atoms with Crippen LogP contribution in [0.3, 0.4) is 0 Å². The molecule has 0 saturated carbocycles. The Bertz CT molecular complexity index is 2740. The van der Waals surface area contributed by atoms with Crippen LogP contribution < -0.4 is 16.4 Å². The molecule has 48 heavy (non-hydrogen) atoms. The molecule has 8 aromatic carbocycles. The average molecular weight is 603 g/mol. The van der Waals surface area contributed by atoms with E-state index in [1.807, 2.05) is 0 Å². The Morgan fingerprint density at radius 1 is 0.333 bits per heavy atom. The SMILES string of the molecule is c1ccc2c(c1)B1c3ccccc3C3(c4ccccc4-c4ccc(-c5ccc6c(c5)-c5cccc7cccc-6c57)cc43)c3cccc-2c31. The molecule has 0 amide bonds. The minimum absolute atomic E-state index is 0.245. The predicted molar refractivity (Wildman–Crippen MR) is 201 cm³/mol. The van der Waals surface area contributed by atoms with Gasteiger partial charge in [-0.3, -0.25) is 0 Å². The van der Waals surface area contributed by atoms with Crippen molar-refractivity contribution in [2.24, 2.45) is 0 Å². The lowest BCUT2D eigenvalue weighted by molar-refractivity contribution is 0.776. The fourth-order valence-corrected chi connectivity index (χ4v) is 10.2. The fourth-order valence-electron chi connectivity index (χ4n) is 10.2. The smallest absolute Gasteiger partial charge is 0.0666 e. The maximum absolute atomic E-state index is 2.53. The Balaban J connectivity index is 1.15. The van der Waals surface area contributed by atoms with Crippen molar-refractivity contribution >= 4 is 33.9 Å². The van der Waals surface area contributed by atoms with Crippen LogP contribution in [-0.4, -0.2) is 6.71 Å². The summed E-state index contributed by atoms with van der Waals surface area (Å²) in [6, 6.07) is 62.4. The standard InChI is InChI=1S/C47H27B/c1-3-17-39-32(12-1)33-25-23-30(29-22-24-31-35-14-7-10-28-11-8-15-36(45(28)35)38(31)26-29)27-42(33)47(39)40-18-4-6-21-44(40)48-43-20-5-2-13-34(43)37-16-9-19-41(47)46(37)48/h1-27H. The van der Waals surface area contributed by atoms with Crippen LogP contribution in [-0.2, 0) is 5.41 Å². The van der Waals surface area contributed by atoms with Crippen molar-refractivity contribution < 1.29 is 0 Å². The summed E-state index contributed by atoms with van der Waals surface area (Å²) in [5.41, 5.74) is 22.9. The zero-order valence-electron chi connectivity index (χ0n) is 26.2. The van der Waals surface area contributed by atoms with E-state index < -0.39 is 5.41 Å². The number of rotatable bonds is 1. The second-order valence-electron chi connectivity index (χ2n) is 13.9. The molecule has 0 aromatic heterocycles. The molecule has 2 aliphatic heterocycles. The molecule has 2 heterocycles. The van der Waals surface area contributed by atoms with Crippen molar-refractivity contribution in [3.63, 3.8) is 0 Å². The minimum Gasteiger partial charge on any atom is -0.0666 e. The van der Waals surface area contributed by atoms with Gasteiger partial charge < -0.3 is 0 Å². The van der Waals surface area contributed by atoms with Gasteiger partial charge in [-0.1, -0.05) is 168 Å². The summed E-state index contributed by atoms with van der Waals surface area (Å²) >= 11 is 0. The highest BCUT2D eigenvalue weighted by Crippen LogP contribution is 2.58. The van der Waals surface area contributed by atoms with Gasteiger partial charge in [-0.15, -0.1) is 0 Å². The van der Waals surface area contributed by atoms with E-state index in [0.29, 0.717) is 0 Å². The maximum Gasteiger partial charge on any atom is 0.243 e. The van der Waals surface area contributed by atoms with Crippen molar-refractivity contribution in [1.29, 1.82) is 0 Å². The third-order valence-electron chi connectivity index (χ3n) is 11.9. The van der Waals surface area contributed by atoms with Gasteiger partial charge >= 0.3 is 0 Å². The molecule has 1 spiro atoms. The van der Waals surface area contributed by atoms with Crippen LogP contribution in [0.15, 0.2) is 164 Å². The first kappa shape index (κ1) is 25.2. The van der Waals surface area contributed by atoms with Crippen molar-refractivity contribution in [3.8, 4) is 55.6 Å². The molecular formula is C47H27B. The van der Waals surface area contributed by atoms with Gasteiger partial charge in [0.2, 0.25) is 6.71 Å². The van der Waals surface area contributed by atoms with E-state index in [0.717, 1.165) is 0 Å². The van der Waals surface area contributed by atoms with Gasteiger partial charge in [0.15, 0.2) is 0 Å². The van der Waals surface area contributed by atoms with Gasteiger partial charge in [0.1, 0.15) is 0 Å². The predicted octanol–water partition coefficient (Wildman–Crippen LogP) is 9.33. The zero-order valence-corrected chi connectivity index (χ0v) is 26.2. The molecule has 2 aliphatic carbocycles. The fraction of sp³-hybridized carbons (Fsp3) is 0.0213. The lowest BCUT2D eigenvalue weighted by atomic mass is 9.32. The number of benzene rings is 8. The molecule has 8 aromatic rings. The third-order valence-corrected chi connectivity index (χ3v) is 11.9. The average Bonchev–Trinajstić information content (AvgIpc) is 3.77. The lowest BCUT2D eigenvalue weighted by Crippen LogP contribution is -2.59. The first-order chi connectivity index (χ1) is 23.8. The van der Waals surface area contributed by atoms with Crippen LogP contribution in [0.4, 0.5) is 0 Å². The van der Waals surface area contributed by atoms with Crippen LogP contribution >= 0.6 is 0 Å². The molecule has 0 radical (unpaired) electrons. The Labute approximate surface area is 280 Å². The molecular weight excluding hydrogens is 575 g/mol. The van der Waals surface area contributed by atoms with Gasteiger partial charge in [0.25, 0.3) is 0 Å². The summed E-state index contributed by atoms with van der Waals surface area (Å²) in [5, 5.41) is 2.69. The highest BCUT2D eigenvalue weighted by molar-refractivity contribution is 7.00. The van der Waals surface area contributed by atoms with E-state index in [-0.39, 0.29) is 6.71 Å². The maximum atomic E-state index is 2.53. The third kappa shape index (κ3) is 2.83. The molecule has 12 rings (SSSR count). The normalized spacial score (nSPS) is 16.4. The molecule has 0 fully saturated rings.